The maximum Gasteiger partial charge on any atom is 0.349 e. The summed E-state index contributed by atoms with van der Waals surface area (Å²) in [4.78, 5) is 40.8. The third kappa shape index (κ3) is 4.28. The van der Waals surface area contributed by atoms with Gasteiger partial charge in [0.1, 0.15) is 5.75 Å². The molecule has 1 aliphatic rings. The van der Waals surface area contributed by atoms with Gasteiger partial charge in [0, 0.05) is 24.7 Å². The minimum atomic E-state index is -0.623. The molecule has 1 aromatic heterocycles. The lowest BCUT2D eigenvalue weighted by atomic mass is 9.97. The van der Waals surface area contributed by atoms with Gasteiger partial charge < -0.3 is 9.15 Å². The van der Waals surface area contributed by atoms with Gasteiger partial charge in [0.15, 0.2) is 5.78 Å². The molecule has 1 atom stereocenters. The first kappa shape index (κ1) is 19.7. The molecule has 2 aromatic rings. The number of aromatic nitrogens is 2. The van der Waals surface area contributed by atoms with Gasteiger partial charge in [0.05, 0.1) is 18.8 Å². The molecule has 0 aliphatic carbocycles. The van der Waals surface area contributed by atoms with Crippen LogP contribution in [0, 0.1) is 5.92 Å². The highest BCUT2D eigenvalue weighted by molar-refractivity contribution is 7.99. The second kappa shape index (κ2) is 8.34. The van der Waals surface area contributed by atoms with Crippen LogP contribution in [-0.2, 0) is 11.2 Å². The predicted octanol–water partition coefficient (Wildman–Crippen LogP) is 2.26. The molecular weight excluding hydrogens is 384 g/mol. The van der Waals surface area contributed by atoms with Crippen LogP contribution in [0.1, 0.15) is 23.2 Å². The molecule has 0 saturated heterocycles. The van der Waals surface area contributed by atoms with Crippen molar-refractivity contribution < 1.29 is 23.5 Å². The number of benzene rings is 1. The van der Waals surface area contributed by atoms with Crippen molar-refractivity contribution in [2.45, 2.75) is 18.6 Å². The number of rotatable bonds is 7. The van der Waals surface area contributed by atoms with E-state index in [1.54, 1.807) is 38.3 Å². The zero-order valence-corrected chi connectivity index (χ0v) is 16.4. The molecular formula is C18H18N4O5S. The summed E-state index contributed by atoms with van der Waals surface area (Å²) >= 11 is 1.12. The van der Waals surface area contributed by atoms with Crippen molar-refractivity contribution in [3.63, 3.8) is 0 Å². The third-order valence-corrected chi connectivity index (χ3v) is 5.08. The average Bonchev–Trinajstić information content (AvgIpc) is 3.15. The van der Waals surface area contributed by atoms with E-state index in [0.29, 0.717) is 17.0 Å². The van der Waals surface area contributed by atoms with Crippen molar-refractivity contribution in [2.75, 3.05) is 19.9 Å². The number of Topliss-reactive ketones (excluding diaryl/α,β-unsaturated/α-hetero) is 1. The fraction of sp³-hybridized carbons (Fsp3) is 0.333. The van der Waals surface area contributed by atoms with Crippen molar-refractivity contribution in [1.29, 1.82) is 0 Å². The summed E-state index contributed by atoms with van der Waals surface area (Å²) < 4.78 is 10.6. The minimum Gasteiger partial charge on any atom is -0.497 e. The number of amides is 3. The molecule has 0 saturated carbocycles. The summed E-state index contributed by atoms with van der Waals surface area (Å²) in [6, 6.07) is 6.23. The highest BCUT2D eigenvalue weighted by Gasteiger charge is 2.34. The van der Waals surface area contributed by atoms with Gasteiger partial charge in [0.25, 0.3) is 5.22 Å². The molecule has 28 heavy (non-hydrogen) atoms. The van der Waals surface area contributed by atoms with Crippen molar-refractivity contribution >= 4 is 35.2 Å². The molecule has 0 fully saturated rings. The van der Waals surface area contributed by atoms with E-state index in [1.165, 1.54) is 7.05 Å². The van der Waals surface area contributed by atoms with Gasteiger partial charge in [-0.2, -0.15) is 0 Å². The standard InChI is InChI=1S/C18H18N4O5S/c1-10-13(16(24)22(2)17(25)19-10)8-15-20-21-18(27-15)28-9-14(23)11-4-6-12(26-3)7-5-11/h4-7,13H,8-9H2,1-3H3. The fourth-order valence-electron chi connectivity index (χ4n) is 2.59. The Labute approximate surface area is 165 Å². The number of hydrogen-bond acceptors (Lipinski definition) is 8. The van der Waals surface area contributed by atoms with E-state index in [-0.39, 0.29) is 35.0 Å². The Hall–Kier alpha value is -3.01. The lowest BCUT2D eigenvalue weighted by Crippen LogP contribution is -2.44. The number of thioether (sulfide) groups is 1. The minimum absolute atomic E-state index is 0.0852. The van der Waals surface area contributed by atoms with Crippen molar-refractivity contribution in [1.82, 2.24) is 15.1 Å². The highest BCUT2D eigenvalue weighted by Crippen LogP contribution is 2.22. The Morgan fingerprint density at radius 2 is 1.96 bits per heavy atom. The molecule has 0 spiro atoms. The largest absolute Gasteiger partial charge is 0.497 e. The van der Waals surface area contributed by atoms with Crippen LogP contribution in [0.2, 0.25) is 0 Å². The van der Waals surface area contributed by atoms with E-state index < -0.39 is 11.9 Å². The number of ketones is 1. The SMILES string of the molecule is COc1ccc(C(=O)CSc2nnc(CC3C(=O)N(C)C(=O)N=C3C)o2)cc1. The van der Waals surface area contributed by atoms with Crippen LogP contribution in [0.25, 0.3) is 0 Å². The van der Waals surface area contributed by atoms with E-state index in [1.807, 2.05) is 0 Å². The molecule has 10 heteroatoms. The highest BCUT2D eigenvalue weighted by atomic mass is 32.2. The predicted molar refractivity (Wildman–Crippen MR) is 101 cm³/mol. The summed E-state index contributed by atoms with van der Waals surface area (Å²) in [5.74, 6) is -0.0163. The van der Waals surface area contributed by atoms with E-state index in [4.69, 9.17) is 9.15 Å². The number of carbonyl (C=O) groups excluding carboxylic acids is 3. The smallest absolute Gasteiger partial charge is 0.349 e. The normalized spacial score (nSPS) is 16.9. The number of ether oxygens (including phenoxy) is 1. The van der Waals surface area contributed by atoms with Crippen LogP contribution in [0.15, 0.2) is 38.9 Å². The first-order chi connectivity index (χ1) is 13.4. The zero-order chi connectivity index (χ0) is 20.3. The van der Waals surface area contributed by atoms with Gasteiger partial charge in [-0.15, -0.1) is 10.2 Å². The molecule has 146 valence electrons. The van der Waals surface area contributed by atoms with Crippen molar-refractivity contribution in [2.24, 2.45) is 10.9 Å². The Bertz CT molecular complexity index is 938. The van der Waals surface area contributed by atoms with Crippen molar-refractivity contribution in [3.8, 4) is 5.75 Å². The van der Waals surface area contributed by atoms with E-state index in [0.717, 1.165) is 16.7 Å². The molecule has 0 bridgehead atoms. The van der Waals surface area contributed by atoms with Gasteiger partial charge in [-0.3, -0.25) is 14.5 Å². The maximum atomic E-state index is 12.3. The molecule has 3 rings (SSSR count). The van der Waals surface area contributed by atoms with Crippen LogP contribution in [-0.4, -0.2) is 58.4 Å². The number of hydrogen-bond donors (Lipinski definition) is 0. The topological polar surface area (TPSA) is 115 Å². The number of nitrogens with zero attached hydrogens (tertiary/aromatic N) is 4. The molecule has 9 nitrogen and oxygen atoms in total. The van der Waals surface area contributed by atoms with Gasteiger partial charge >= 0.3 is 6.03 Å². The third-order valence-electron chi connectivity index (χ3n) is 4.26. The quantitative estimate of drug-likeness (QED) is 0.512. The van der Waals surface area contributed by atoms with Crippen LogP contribution in [0.4, 0.5) is 4.79 Å². The van der Waals surface area contributed by atoms with E-state index in [2.05, 4.69) is 15.2 Å². The number of methoxy groups -OCH3 is 1. The molecule has 2 heterocycles. The first-order valence-corrected chi connectivity index (χ1v) is 9.36. The molecule has 1 unspecified atom stereocenters. The fourth-order valence-corrected chi connectivity index (χ4v) is 3.26. The Balaban J connectivity index is 1.59. The maximum absolute atomic E-state index is 12.3. The number of aliphatic imine (C=N–C) groups is 1. The lowest BCUT2D eigenvalue weighted by molar-refractivity contribution is -0.129. The van der Waals surface area contributed by atoms with Gasteiger partial charge in [-0.1, -0.05) is 11.8 Å². The van der Waals surface area contributed by atoms with Crippen molar-refractivity contribution in [3.05, 3.63) is 35.7 Å². The van der Waals surface area contributed by atoms with Crippen LogP contribution < -0.4 is 4.74 Å². The van der Waals surface area contributed by atoms with Crippen LogP contribution in [0.3, 0.4) is 0 Å². The molecule has 0 radical (unpaired) electrons. The second-order valence-electron chi connectivity index (χ2n) is 6.09. The van der Waals surface area contributed by atoms with Gasteiger partial charge in [-0.05, 0) is 31.2 Å². The molecule has 0 N–H and O–H groups in total. The van der Waals surface area contributed by atoms with Gasteiger partial charge in [-0.25, -0.2) is 9.79 Å². The average molecular weight is 402 g/mol. The number of carbonyl (C=O) groups is 3. The zero-order valence-electron chi connectivity index (χ0n) is 15.5. The summed E-state index contributed by atoms with van der Waals surface area (Å²) in [5.41, 5.74) is 0.968. The molecule has 1 aliphatic heterocycles. The summed E-state index contributed by atoms with van der Waals surface area (Å²) in [7, 11) is 2.94. The van der Waals surface area contributed by atoms with E-state index >= 15 is 0 Å². The molecule has 3 amide bonds. The second-order valence-corrected chi connectivity index (χ2v) is 7.02. The number of urea groups is 1. The van der Waals surface area contributed by atoms with Gasteiger partial charge in [0.2, 0.25) is 11.8 Å². The Morgan fingerprint density at radius 3 is 2.64 bits per heavy atom. The first-order valence-electron chi connectivity index (χ1n) is 8.38. The summed E-state index contributed by atoms with van der Waals surface area (Å²) in [5, 5.41) is 8.06. The Morgan fingerprint density at radius 1 is 1.25 bits per heavy atom. The Kier molecular flexibility index (Phi) is 5.88. The lowest BCUT2D eigenvalue weighted by Gasteiger charge is -2.24. The number of imide groups is 1. The van der Waals surface area contributed by atoms with E-state index in [9.17, 15) is 14.4 Å². The monoisotopic (exact) mass is 402 g/mol. The van der Waals surface area contributed by atoms with Crippen LogP contribution >= 0.6 is 11.8 Å². The summed E-state index contributed by atoms with van der Waals surface area (Å²) in [6.07, 6.45) is 0.145. The van der Waals surface area contributed by atoms with Crippen LogP contribution in [0.5, 0.6) is 5.75 Å². The molecule has 1 aromatic carbocycles. The summed E-state index contributed by atoms with van der Waals surface area (Å²) in [6.45, 7) is 1.62.